The number of anilines is 1. The number of aromatic nitrogens is 1. The molecule has 2 aromatic heterocycles. The van der Waals surface area contributed by atoms with E-state index in [9.17, 15) is 18.0 Å². The number of hydrogen-bond donors (Lipinski definition) is 1. The number of nitrogens with zero attached hydrogens (tertiary/aromatic N) is 2. The Balaban J connectivity index is 1.70. The number of benzene rings is 1. The van der Waals surface area contributed by atoms with Gasteiger partial charge >= 0.3 is 11.8 Å². The first kappa shape index (κ1) is 18.9. The minimum Gasteiger partial charge on any atom is -0.422 e. The van der Waals surface area contributed by atoms with E-state index in [1.807, 2.05) is 12.1 Å². The fourth-order valence-corrected chi connectivity index (χ4v) is 4.34. The Kier molecular flexibility index (Phi) is 4.67. The Morgan fingerprint density at radius 3 is 2.57 bits per heavy atom. The topological polar surface area (TPSA) is 58.4 Å². The van der Waals surface area contributed by atoms with Crippen LogP contribution in [0.1, 0.15) is 19.5 Å². The summed E-state index contributed by atoms with van der Waals surface area (Å²) in [4.78, 5) is 18.1. The van der Waals surface area contributed by atoms with Crippen molar-refractivity contribution in [2.45, 2.75) is 32.1 Å². The number of piperazine rings is 1. The molecule has 0 saturated carbocycles. The summed E-state index contributed by atoms with van der Waals surface area (Å²) in [6.45, 7) is 5.88. The first-order valence-corrected chi connectivity index (χ1v) is 9.70. The Morgan fingerprint density at radius 2 is 1.93 bits per heavy atom. The smallest absolute Gasteiger partial charge is 0.422 e. The van der Waals surface area contributed by atoms with E-state index in [1.165, 1.54) is 6.07 Å². The Hall–Kier alpha value is -2.39. The van der Waals surface area contributed by atoms with Gasteiger partial charge in [0, 0.05) is 47.7 Å². The van der Waals surface area contributed by atoms with E-state index < -0.39 is 17.5 Å². The van der Waals surface area contributed by atoms with Crippen LogP contribution in [0.15, 0.2) is 38.9 Å². The van der Waals surface area contributed by atoms with Crippen molar-refractivity contribution in [2.24, 2.45) is 0 Å². The molecule has 1 saturated heterocycles. The van der Waals surface area contributed by atoms with Gasteiger partial charge in [-0.3, -0.25) is 0 Å². The number of rotatable bonds is 2. The van der Waals surface area contributed by atoms with Gasteiger partial charge in [-0.25, -0.2) is 9.78 Å². The molecular formula is C19H18F3N3O2S. The number of halogens is 3. The van der Waals surface area contributed by atoms with Gasteiger partial charge < -0.3 is 14.6 Å². The van der Waals surface area contributed by atoms with Crippen molar-refractivity contribution in [2.75, 3.05) is 18.0 Å². The van der Waals surface area contributed by atoms with Crippen LogP contribution in [0.25, 0.3) is 21.5 Å². The van der Waals surface area contributed by atoms with Crippen molar-refractivity contribution in [3.63, 3.8) is 0 Å². The third-order valence-electron chi connectivity index (χ3n) is 4.67. The average Bonchev–Trinajstić information content (AvgIpc) is 3.10. The maximum Gasteiger partial charge on any atom is 0.434 e. The van der Waals surface area contributed by atoms with Gasteiger partial charge in [0.25, 0.3) is 0 Å². The average molecular weight is 409 g/mol. The van der Waals surface area contributed by atoms with E-state index in [0.717, 1.165) is 35.5 Å². The third-order valence-corrected chi connectivity index (χ3v) is 5.54. The van der Waals surface area contributed by atoms with Crippen LogP contribution in [-0.4, -0.2) is 30.2 Å². The zero-order valence-electron chi connectivity index (χ0n) is 15.2. The predicted octanol–water partition coefficient (Wildman–Crippen LogP) is 4.12. The van der Waals surface area contributed by atoms with Crippen molar-refractivity contribution < 1.29 is 17.6 Å². The first-order valence-electron chi connectivity index (χ1n) is 8.83. The molecule has 148 valence electrons. The van der Waals surface area contributed by atoms with Gasteiger partial charge in [0.05, 0.1) is 5.56 Å². The molecule has 0 spiro atoms. The molecule has 4 rings (SSSR count). The Morgan fingerprint density at radius 1 is 1.21 bits per heavy atom. The molecule has 0 aliphatic carbocycles. The monoisotopic (exact) mass is 409 g/mol. The molecule has 1 aliphatic heterocycles. The standard InChI is InChI=1S/C19H18F3N3O2S/c1-10-7-25(8-11(2)23-10)13-4-3-12-5-14(18(26)27-15(12)6-13)17-24-16(9-28-17)19(20,21)22/h3-6,9-11,23H,7-8H2,1-2H3. The maximum atomic E-state index is 12.8. The van der Waals surface area contributed by atoms with Crippen molar-refractivity contribution >= 4 is 28.0 Å². The van der Waals surface area contributed by atoms with E-state index in [0.29, 0.717) is 23.1 Å². The third kappa shape index (κ3) is 3.64. The molecule has 28 heavy (non-hydrogen) atoms. The second-order valence-electron chi connectivity index (χ2n) is 7.08. The molecule has 0 bridgehead atoms. The highest BCUT2D eigenvalue weighted by atomic mass is 32.1. The summed E-state index contributed by atoms with van der Waals surface area (Å²) >= 11 is 0.772. The molecule has 1 aliphatic rings. The summed E-state index contributed by atoms with van der Waals surface area (Å²) in [7, 11) is 0. The highest BCUT2D eigenvalue weighted by Gasteiger charge is 2.34. The molecule has 3 heterocycles. The van der Waals surface area contributed by atoms with Crippen LogP contribution >= 0.6 is 11.3 Å². The molecule has 9 heteroatoms. The molecule has 1 aromatic carbocycles. The fourth-order valence-electron chi connectivity index (χ4n) is 3.51. The summed E-state index contributed by atoms with van der Waals surface area (Å²) < 4.78 is 43.8. The molecule has 5 nitrogen and oxygen atoms in total. The minimum atomic E-state index is -4.54. The van der Waals surface area contributed by atoms with E-state index in [-0.39, 0.29) is 10.6 Å². The van der Waals surface area contributed by atoms with Crippen LogP contribution in [0.4, 0.5) is 18.9 Å². The molecule has 2 unspecified atom stereocenters. The van der Waals surface area contributed by atoms with Gasteiger partial charge in [0.15, 0.2) is 5.69 Å². The maximum absolute atomic E-state index is 12.8. The van der Waals surface area contributed by atoms with E-state index >= 15 is 0 Å². The zero-order chi connectivity index (χ0) is 20.1. The number of hydrogen-bond acceptors (Lipinski definition) is 6. The van der Waals surface area contributed by atoms with Gasteiger partial charge in [-0.1, -0.05) is 0 Å². The second kappa shape index (κ2) is 6.89. The largest absolute Gasteiger partial charge is 0.434 e. The van der Waals surface area contributed by atoms with E-state index in [2.05, 4.69) is 29.0 Å². The van der Waals surface area contributed by atoms with Crippen LogP contribution in [-0.2, 0) is 6.18 Å². The Bertz CT molecular complexity index is 1070. The van der Waals surface area contributed by atoms with Crippen LogP contribution in [0.5, 0.6) is 0 Å². The highest BCUT2D eigenvalue weighted by Crippen LogP contribution is 2.33. The molecule has 0 radical (unpaired) electrons. The fraction of sp³-hybridized carbons (Fsp3) is 0.368. The zero-order valence-corrected chi connectivity index (χ0v) is 16.0. The molecular weight excluding hydrogens is 391 g/mol. The molecule has 1 fully saturated rings. The predicted molar refractivity (Wildman–Crippen MR) is 103 cm³/mol. The molecule has 1 N–H and O–H groups in total. The van der Waals surface area contributed by atoms with Gasteiger partial charge in [0.2, 0.25) is 0 Å². The lowest BCUT2D eigenvalue weighted by Crippen LogP contribution is -2.54. The lowest BCUT2D eigenvalue weighted by atomic mass is 10.1. The summed E-state index contributed by atoms with van der Waals surface area (Å²) in [5, 5.41) is 4.99. The number of fused-ring (bicyclic) bond motifs is 1. The SMILES string of the molecule is CC1CN(c2ccc3cc(-c4nc(C(F)(F)F)cs4)c(=O)oc3c2)CC(C)N1. The lowest BCUT2D eigenvalue weighted by molar-refractivity contribution is -0.140. The van der Waals surface area contributed by atoms with E-state index in [4.69, 9.17) is 4.42 Å². The van der Waals surface area contributed by atoms with Gasteiger partial charge in [-0.15, -0.1) is 11.3 Å². The molecule has 0 amide bonds. The van der Waals surface area contributed by atoms with Gasteiger partial charge in [0.1, 0.15) is 10.6 Å². The lowest BCUT2D eigenvalue weighted by Gasteiger charge is -2.37. The van der Waals surface area contributed by atoms with Crippen LogP contribution in [0, 0.1) is 0 Å². The van der Waals surface area contributed by atoms with Crippen LogP contribution < -0.4 is 15.8 Å². The summed E-state index contributed by atoms with van der Waals surface area (Å²) in [5.74, 6) is 0. The van der Waals surface area contributed by atoms with Gasteiger partial charge in [-0.2, -0.15) is 13.2 Å². The normalized spacial score (nSPS) is 20.7. The summed E-state index contributed by atoms with van der Waals surface area (Å²) in [6, 6.07) is 7.75. The van der Waals surface area contributed by atoms with Crippen LogP contribution in [0.2, 0.25) is 0 Å². The van der Waals surface area contributed by atoms with Crippen molar-refractivity contribution in [1.82, 2.24) is 10.3 Å². The number of alkyl halides is 3. The molecule has 2 atom stereocenters. The molecule has 3 aromatic rings. The second-order valence-corrected chi connectivity index (χ2v) is 7.94. The number of thiazole rings is 1. The van der Waals surface area contributed by atoms with Crippen molar-refractivity contribution in [1.29, 1.82) is 0 Å². The summed E-state index contributed by atoms with van der Waals surface area (Å²) in [5.41, 5.74) is -0.334. The number of nitrogens with one attached hydrogen (secondary N) is 1. The minimum absolute atomic E-state index is 0.00296. The van der Waals surface area contributed by atoms with Crippen LogP contribution in [0.3, 0.4) is 0 Å². The summed E-state index contributed by atoms with van der Waals surface area (Å²) in [6.07, 6.45) is -4.54. The van der Waals surface area contributed by atoms with Gasteiger partial charge in [-0.05, 0) is 32.0 Å². The quantitative estimate of drug-likeness (QED) is 0.646. The Labute approximate surface area is 162 Å². The highest BCUT2D eigenvalue weighted by molar-refractivity contribution is 7.13. The first-order chi connectivity index (χ1) is 13.2. The van der Waals surface area contributed by atoms with Crippen molar-refractivity contribution in [3.05, 3.63) is 45.8 Å². The van der Waals surface area contributed by atoms with E-state index in [1.54, 1.807) is 6.07 Å². The van der Waals surface area contributed by atoms with Crippen molar-refractivity contribution in [3.8, 4) is 10.6 Å².